The molecule has 3 heterocycles. The number of benzene rings is 2. The van der Waals surface area contributed by atoms with Gasteiger partial charge in [-0.3, -0.25) is 4.79 Å². The van der Waals surface area contributed by atoms with Gasteiger partial charge >= 0.3 is 12.4 Å². The summed E-state index contributed by atoms with van der Waals surface area (Å²) in [7, 11) is 5.33. The molecule has 2 aromatic carbocycles. The Hall–Kier alpha value is -4.02. The summed E-state index contributed by atoms with van der Waals surface area (Å²) in [5, 5.41) is 3.27. The second-order valence-electron chi connectivity index (χ2n) is 11.4. The minimum Gasteiger partial charge on any atom is -0.438 e. The van der Waals surface area contributed by atoms with E-state index in [2.05, 4.69) is 32.1 Å². The molecule has 0 bridgehead atoms. The first-order valence-electron chi connectivity index (χ1n) is 14.8. The lowest BCUT2D eigenvalue weighted by Gasteiger charge is -2.32. The predicted molar refractivity (Wildman–Crippen MR) is 161 cm³/mol. The van der Waals surface area contributed by atoms with Gasteiger partial charge in [-0.25, -0.2) is 9.37 Å². The fraction of sp³-hybridized carbons (Fsp3) is 0.452. The molecule has 0 saturated carbocycles. The zero-order chi connectivity index (χ0) is 34.4. The van der Waals surface area contributed by atoms with Gasteiger partial charge in [0.15, 0.2) is 0 Å². The maximum atomic E-state index is 13.4. The maximum Gasteiger partial charge on any atom is 0.416 e. The summed E-state index contributed by atoms with van der Waals surface area (Å²) >= 11 is 0. The van der Waals surface area contributed by atoms with Crippen LogP contribution < -0.4 is 15.0 Å². The van der Waals surface area contributed by atoms with Crippen molar-refractivity contribution in [3.8, 4) is 11.6 Å². The number of rotatable bonds is 6. The van der Waals surface area contributed by atoms with E-state index in [1.165, 1.54) is 38.5 Å². The van der Waals surface area contributed by atoms with E-state index >= 15 is 0 Å². The molecule has 1 aromatic heterocycles. The Morgan fingerprint density at radius 2 is 1.43 bits per heavy atom. The molecule has 2 saturated heterocycles. The number of hydrogen-bond acceptors (Lipinski definition) is 8. The van der Waals surface area contributed by atoms with E-state index in [9.17, 15) is 35.5 Å². The summed E-state index contributed by atoms with van der Waals surface area (Å²) in [4.78, 5) is 29.2. The molecule has 2 fully saturated rings. The van der Waals surface area contributed by atoms with Crippen molar-refractivity contribution in [2.45, 2.75) is 18.9 Å². The SMILES string of the molecule is CN1CCN(c2ncc(C(=O)N(C)Cc3cc(C(F)(F)F)cc(C(F)(F)F)c3)c(Oc3ccc(F)cc3)n2)CC1.CN1CCNCC1. The highest BCUT2D eigenvalue weighted by atomic mass is 19.4. The average Bonchev–Trinajstić information content (AvgIpc) is 3.02. The predicted octanol–water partition coefficient (Wildman–Crippen LogP) is 4.99. The van der Waals surface area contributed by atoms with E-state index in [4.69, 9.17) is 4.74 Å². The fourth-order valence-electron chi connectivity index (χ4n) is 4.79. The van der Waals surface area contributed by atoms with Crippen LogP contribution in [0.5, 0.6) is 11.6 Å². The highest BCUT2D eigenvalue weighted by molar-refractivity contribution is 5.96. The van der Waals surface area contributed by atoms with Gasteiger partial charge in [0, 0.05) is 72.1 Å². The van der Waals surface area contributed by atoms with Crippen LogP contribution in [0.1, 0.15) is 27.0 Å². The molecular weight excluding hydrogens is 635 g/mol. The van der Waals surface area contributed by atoms with Crippen LogP contribution in [0.2, 0.25) is 0 Å². The van der Waals surface area contributed by atoms with E-state index in [1.54, 1.807) is 0 Å². The molecule has 2 aliphatic rings. The van der Waals surface area contributed by atoms with Crippen LogP contribution in [0.3, 0.4) is 0 Å². The topological polar surface area (TPSA) is 77.1 Å². The van der Waals surface area contributed by atoms with Crippen molar-refractivity contribution in [3.05, 3.63) is 76.7 Å². The van der Waals surface area contributed by atoms with Crippen LogP contribution in [-0.4, -0.2) is 104 Å². The van der Waals surface area contributed by atoms with Gasteiger partial charge < -0.3 is 29.7 Å². The second-order valence-corrected chi connectivity index (χ2v) is 11.4. The number of nitrogens with zero attached hydrogens (tertiary/aromatic N) is 6. The number of ether oxygens (including phenoxy) is 1. The lowest BCUT2D eigenvalue weighted by atomic mass is 10.0. The smallest absolute Gasteiger partial charge is 0.416 e. The van der Waals surface area contributed by atoms with Gasteiger partial charge in [-0.05, 0) is 62.1 Å². The summed E-state index contributed by atoms with van der Waals surface area (Å²) < 4.78 is 98.9. The molecule has 1 amide bonds. The monoisotopic (exact) mass is 671 g/mol. The van der Waals surface area contributed by atoms with Crippen molar-refractivity contribution in [2.24, 2.45) is 0 Å². The van der Waals surface area contributed by atoms with Gasteiger partial charge in [0.05, 0.1) is 11.1 Å². The van der Waals surface area contributed by atoms with Crippen LogP contribution in [0, 0.1) is 5.82 Å². The quantitative estimate of drug-likeness (QED) is 0.368. The molecule has 2 aliphatic heterocycles. The van der Waals surface area contributed by atoms with E-state index in [0.29, 0.717) is 25.2 Å². The van der Waals surface area contributed by atoms with Crippen molar-refractivity contribution >= 4 is 11.9 Å². The molecule has 5 rings (SSSR count). The Kier molecular flexibility index (Phi) is 11.6. The van der Waals surface area contributed by atoms with E-state index in [-0.39, 0.29) is 34.8 Å². The molecule has 0 spiro atoms. The molecular formula is C31H36F7N7O2. The number of carbonyl (C=O) groups excluding carboxylic acids is 1. The van der Waals surface area contributed by atoms with Crippen molar-refractivity contribution in [2.75, 3.05) is 78.4 Å². The molecule has 3 aromatic rings. The molecule has 256 valence electrons. The first kappa shape index (κ1) is 35.8. The van der Waals surface area contributed by atoms with E-state index < -0.39 is 41.7 Å². The highest BCUT2D eigenvalue weighted by Crippen LogP contribution is 2.37. The summed E-state index contributed by atoms with van der Waals surface area (Å²) in [5.74, 6) is -1.13. The van der Waals surface area contributed by atoms with E-state index in [1.807, 2.05) is 11.9 Å². The lowest BCUT2D eigenvalue weighted by molar-refractivity contribution is -0.143. The third-order valence-corrected chi connectivity index (χ3v) is 7.54. The van der Waals surface area contributed by atoms with Gasteiger partial charge in [0.1, 0.15) is 17.1 Å². The number of anilines is 1. The first-order valence-corrected chi connectivity index (χ1v) is 14.8. The normalized spacial score (nSPS) is 16.3. The molecule has 0 radical (unpaired) electrons. The van der Waals surface area contributed by atoms with Gasteiger partial charge in [0.2, 0.25) is 11.8 Å². The molecule has 0 unspecified atom stereocenters. The molecule has 47 heavy (non-hydrogen) atoms. The van der Waals surface area contributed by atoms with Gasteiger partial charge in [-0.15, -0.1) is 0 Å². The zero-order valence-electron chi connectivity index (χ0n) is 26.1. The van der Waals surface area contributed by atoms with Crippen molar-refractivity contribution in [1.82, 2.24) is 30.0 Å². The number of halogens is 7. The number of amides is 1. The Morgan fingerprint density at radius 1 is 0.872 bits per heavy atom. The molecule has 0 aliphatic carbocycles. The van der Waals surface area contributed by atoms with Crippen LogP contribution in [0.15, 0.2) is 48.7 Å². The fourth-order valence-corrected chi connectivity index (χ4v) is 4.79. The third kappa shape index (κ3) is 10.2. The van der Waals surface area contributed by atoms with Crippen LogP contribution in [0.25, 0.3) is 0 Å². The van der Waals surface area contributed by atoms with Crippen molar-refractivity contribution in [1.29, 1.82) is 0 Å². The standard InChI is InChI=1S/C26H24F7N5O2.C5H12N2/c1-36-7-9-38(10-8-36)24-34-14-21(22(35-24)40-20-5-3-19(27)4-6-20)23(39)37(2)15-16-11-17(25(28,29)30)13-18(12-16)26(31,32)33;1-7-4-2-6-3-5-7/h3-6,11-14H,7-10,15H2,1-2H3;6H,2-5H2,1H3. The Balaban J connectivity index is 0.000000632. The Morgan fingerprint density at radius 3 is 1.94 bits per heavy atom. The molecule has 16 heteroatoms. The van der Waals surface area contributed by atoms with Gasteiger partial charge in [-0.1, -0.05) is 0 Å². The highest BCUT2D eigenvalue weighted by Gasteiger charge is 2.37. The average molecular weight is 672 g/mol. The number of carbonyl (C=O) groups is 1. The van der Waals surface area contributed by atoms with Crippen LogP contribution >= 0.6 is 0 Å². The van der Waals surface area contributed by atoms with E-state index in [0.717, 1.165) is 43.2 Å². The summed E-state index contributed by atoms with van der Waals surface area (Å²) in [5.41, 5.74) is -3.54. The molecule has 9 nitrogen and oxygen atoms in total. The Bertz CT molecular complexity index is 1460. The van der Waals surface area contributed by atoms with Crippen LogP contribution in [-0.2, 0) is 18.9 Å². The number of aromatic nitrogens is 2. The first-order chi connectivity index (χ1) is 22.1. The summed E-state index contributed by atoms with van der Waals surface area (Å²) in [6, 6.07) is 6.03. The summed E-state index contributed by atoms with van der Waals surface area (Å²) in [6.45, 7) is 6.82. The number of likely N-dealkylation sites (N-methyl/N-ethyl adjacent to an activating group) is 2. The van der Waals surface area contributed by atoms with Crippen molar-refractivity contribution in [3.63, 3.8) is 0 Å². The number of hydrogen-bond donors (Lipinski definition) is 1. The van der Waals surface area contributed by atoms with Crippen LogP contribution in [0.4, 0.5) is 36.7 Å². The number of alkyl halides is 6. The maximum absolute atomic E-state index is 13.4. The van der Waals surface area contributed by atoms with Gasteiger partial charge in [-0.2, -0.15) is 31.3 Å². The molecule has 0 atom stereocenters. The van der Waals surface area contributed by atoms with Gasteiger partial charge in [0.25, 0.3) is 5.91 Å². The lowest BCUT2D eigenvalue weighted by Crippen LogP contribution is -2.45. The zero-order valence-corrected chi connectivity index (χ0v) is 26.1. The minimum atomic E-state index is -5.03. The molecule has 1 N–H and O–H groups in total. The third-order valence-electron chi connectivity index (χ3n) is 7.54. The number of nitrogens with one attached hydrogen (secondary N) is 1. The Labute approximate surface area is 267 Å². The minimum absolute atomic E-state index is 0.0187. The number of piperazine rings is 2. The summed E-state index contributed by atoms with van der Waals surface area (Å²) in [6.07, 6.45) is -8.87. The second kappa shape index (κ2) is 15.3. The van der Waals surface area contributed by atoms with Crippen molar-refractivity contribution < 1.29 is 40.3 Å². The largest absolute Gasteiger partial charge is 0.438 e.